The van der Waals surface area contributed by atoms with Crippen LogP contribution in [0.1, 0.15) is 17.9 Å². The molecule has 2 heterocycles. The highest BCUT2D eigenvalue weighted by atomic mass is 16.5. The molecule has 1 fully saturated rings. The second kappa shape index (κ2) is 4.19. The lowest BCUT2D eigenvalue weighted by molar-refractivity contribution is 0.0243. The Morgan fingerprint density at radius 2 is 2.33 bits per heavy atom. The van der Waals surface area contributed by atoms with Gasteiger partial charge < -0.3 is 14.9 Å². The van der Waals surface area contributed by atoms with E-state index in [0.717, 1.165) is 17.7 Å². The zero-order chi connectivity index (χ0) is 12.6. The summed E-state index contributed by atoms with van der Waals surface area (Å²) in [7, 11) is 0. The summed E-state index contributed by atoms with van der Waals surface area (Å²) in [6, 6.07) is 7.88. The number of aromatic nitrogens is 2. The van der Waals surface area contributed by atoms with Crippen molar-refractivity contribution in [2.45, 2.75) is 18.9 Å². The number of nitrogens with one attached hydrogen (secondary N) is 1. The van der Waals surface area contributed by atoms with Crippen LogP contribution >= 0.6 is 0 Å². The molecule has 3 rings (SSSR count). The monoisotopic (exact) mass is 245 g/mol. The van der Waals surface area contributed by atoms with Gasteiger partial charge in [-0.15, -0.1) is 0 Å². The van der Waals surface area contributed by atoms with Gasteiger partial charge in [-0.1, -0.05) is 28.9 Å². The average molecular weight is 245 g/mol. The fraction of sp³-hybridized carbons (Fsp3) is 0.385. The Hall–Kier alpha value is -1.72. The first kappa shape index (κ1) is 11.4. The SMILES string of the molecule is Cc1cccc(-c2noc(C3(O)CCNC3)n2)c1. The van der Waals surface area contributed by atoms with E-state index in [-0.39, 0.29) is 0 Å². The first-order valence-electron chi connectivity index (χ1n) is 6.02. The standard InChI is InChI=1S/C13H15N3O2/c1-9-3-2-4-10(7-9)11-15-12(18-16-11)13(17)5-6-14-8-13/h2-4,7,14,17H,5-6,8H2,1H3. The van der Waals surface area contributed by atoms with Gasteiger partial charge in [0.15, 0.2) is 5.60 Å². The van der Waals surface area contributed by atoms with Gasteiger partial charge in [0.25, 0.3) is 5.89 Å². The van der Waals surface area contributed by atoms with Crippen LogP contribution in [0, 0.1) is 6.92 Å². The minimum atomic E-state index is -1.02. The lowest BCUT2D eigenvalue weighted by Crippen LogP contribution is -2.28. The molecular weight excluding hydrogens is 230 g/mol. The summed E-state index contributed by atoms with van der Waals surface area (Å²) in [5.41, 5.74) is 1.02. The van der Waals surface area contributed by atoms with Crippen LogP contribution in [0.15, 0.2) is 28.8 Å². The van der Waals surface area contributed by atoms with Gasteiger partial charge in [0.05, 0.1) is 0 Å². The third-order valence-corrected chi connectivity index (χ3v) is 3.23. The van der Waals surface area contributed by atoms with E-state index in [2.05, 4.69) is 15.5 Å². The van der Waals surface area contributed by atoms with E-state index in [1.807, 2.05) is 31.2 Å². The Labute approximate surface area is 105 Å². The van der Waals surface area contributed by atoms with Crippen LogP contribution in [0.5, 0.6) is 0 Å². The van der Waals surface area contributed by atoms with Crippen molar-refractivity contribution in [3.8, 4) is 11.4 Å². The third-order valence-electron chi connectivity index (χ3n) is 3.23. The van der Waals surface area contributed by atoms with Gasteiger partial charge in [-0.05, 0) is 26.0 Å². The summed E-state index contributed by atoms with van der Waals surface area (Å²) in [5, 5.41) is 17.4. The Morgan fingerprint density at radius 3 is 3.06 bits per heavy atom. The van der Waals surface area contributed by atoms with Gasteiger partial charge in [-0.3, -0.25) is 0 Å². The van der Waals surface area contributed by atoms with E-state index in [9.17, 15) is 5.11 Å². The lowest BCUT2D eigenvalue weighted by Gasteiger charge is -2.14. The van der Waals surface area contributed by atoms with E-state index in [4.69, 9.17) is 4.52 Å². The largest absolute Gasteiger partial charge is 0.379 e. The normalized spacial score (nSPS) is 23.4. The number of rotatable bonds is 2. The Kier molecular flexibility index (Phi) is 2.65. The molecular formula is C13H15N3O2. The number of nitrogens with zero attached hydrogens (tertiary/aromatic N) is 2. The zero-order valence-electron chi connectivity index (χ0n) is 10.2. The van der Waals surface area contributed by atoms with Crippen molar-refractivity contribution in [2.24, 2.45) is 0 Å². The molecule has 0 spiro atoms. The molecule has 1 unspecified atom stereocenters. The van der Waals surface area contributed by atoms with Crippen molar-refractivity contribution in [1.29, 1.82) is 0 Å². The van der Waals surface area contributed by atoms with Crippen molar-refractivity contribution >= 4 is 0 Å². The lowest BCUT2D eigenvalue weighted by atomic mass is 10.0. The third kappa shape index (κ3) is 1.91. The second-order valence-electron chi connectivity index (χ2n) is 4.75. The molecule has 1 aromatic heterocycles. The molecule has 2 aromatic rings. The van der Waals surface area contributed by atoms with Gasteiger partial charge in [0, 0.05) is 12.1 Å². The molecule has 1 atom stereocenters. The summed E-state index contributed by atoms with van der Waals surface area (Å²) < 4.78 is 5.19. The first-order valence-corrected chi connectivity index (χ1v) is 6.02. The molecule has 1 aromatic carbocycles. The Bertz CT molecular complexity index is 559. The minimum Gasteiger partial charge on any atom is -0.379 e. The van der Waals surface area contributed by atoms with E-state index in [1.54, 1.807) is 0 Å². The number of benzene rings is 1. The van der Waals surface area contributed by atoms with Gasteiger partial charge in [-0.2, -0.15) is 4.98 Å². The van der Waals surface area contributed by atoms with Crippen LogP contribution < -0.4 is 5.32 Å². The number of β-amino-alcohol motifs (C(OH)–C–C–N with tert-alkyl or cyclic N) is 1. The molecule has 5 nitrogen and oxygen atoms in total. The van der Waals surface area contributed by atoms with Crippen molar-refractivity contribution in [1.82, 2.24) is 15.5 Å². The highest BCUT2D eigenvalue weighted by Gasteiger charge is 2.38. The van der Waals surface area contributed by atoms with Crippen LogP contribution in [0.2, 0.25) is 0 Å². The summed E-state index contributed by atoms with van der Waals surface area (Å²) >= 11 is 0. The maximum absolute atomic E-state index is 10.3. The second-order valence-corrected chi connectivity index (χ2v) is 4.75. The quantitative estimate of drug-likeness (QED) is 0.832. The highest BCUT2D eigenvalue weighted by Crippen LogP contribution is 2.28. The van der Waals surface area contributed by atoms with E-state index in [1.165, 1.54) is 0 Å². The topological polar surface area (TPSA) is 71.2 Å². The van der Waals surface area contributed by atoms with Gasteiger partial charge >= 0.3 is 0 Å². The molecule has 1 saturated heterocycles. The number of aryl methyl sites for hydroxylation is 1. The van der Waals surface area contributed by atoms with Crippen LogP contribution in [0.3, 0.4) is 0 Å². The molecule has 0 aliphatic carbocycles. The summed E-state index contributed by atoms with van der Waals surface area (Å²) in [6.07, 6.45) is 0.600. The number of hydrogen-bond acceptors (Lipinski definition) is 5. The summed E-state index contributed by atoms with van der Waals surface area (Å²) in [6.45, 7) is 3.24. The van der Waals surface area contributed by atoms with Crippen LogP contribution in [0.25, 0.3) is 11.4 Å². The molecule has 18 heavy (non-hydrogen) atoms. The fourth-order valence-electron chi connectivity index (χ4n) is 2.18. The maximum Gasteiger partial charge on any atom is 0.260 e. The molecule has 5 heteroatoms. The molecule has 0 amide bonds. The number of hydrogen-bond donors (Lipinski definition) is 2. The summed E-state index contributed by atoms with van der Waals surface area (Å²) in [5.74, 6) is 0.818. The molecule has 0 bridgehead atoms. The van der Waals surface area contributed by atoms with Gasteiger partial charge in [0.1, 0.15) is 0 Å². The van der Waals surface area contributed by atoms with E-state index in [0.29, 0.717) is 24.7 Å². The van der Waals surface area contributed by atoms with E-state index >= 15 is 0 Å². The summed E-state index contributed by atoms with van der Waals surface area (Å²) in [4.78, 5) is 4.31. The van der Waals surface area contributed by atoms with Crippen molar-refractivity contribution in [3.63, 3.8) is 0 Å². The molecule has 1 aliphatic rings. The predicted octanol–water partition coefficient (Wildman–Crippen LogP) is 1.23. The van der Waals surface area contributed by atoms with Gasteiger partial charge in [0.2, 0.25) is 5.82 Å². The average Bonchev–Trinajstić information content (AvgIpc) is 2.98. The molecule has 0 saturated carbocycles. The molecule has 1 aliphatic heterocycles. The zero-order valence-corrected chi connectivity index (χ0v) is 10.2. The van der Waals surface area contributed by atoms with Crippen molar-refractivity contribution in [2.75, 3.05) is 13.1 Å². The Morgan fingerprint density at radius 1 is 1.44 bits per heavy atom. The minimum absolute atomic E-state index is 0.295. The Balaban J connectivity index is 1.94. The van der Waals surface area contributed by atoms with Crippen molar-refractivity contribution < 1.29 is 9.63 Å². The fourth-order valence-corrected chi connectivity index (χ4v) is 2.18. The molecule has 94 valence electrons. The predicted molar refractivity (Wildman–Crippen MR) is 65.9 cm³/mol. The van der Waals surface area contributed by atoms with Crippen LogP contribution in [0.4, 0.5) is 0 Å². The van der Waals surface area contributed by atoms with E-state index < -0.39 is 5.60 Å². The van der Waals surface area contributed by atoms with Crippen LogP contribution in [-0.2, 0) is 5.60 Å². The molecule has 0 radical (unpaired) electrons. The van der Waals surface area contributed by atoms with Gasteiger partial charge in [-0.25, -0.2) is 0 Å². The highest BCUT2D eigenvalue weighted by molar-refractivity contribution is 5.55. The number of aliphatic hydroxyl groups is 1. The molecule has 2 N–H and O–H groups in total. The first-order chi connectivity index (χ1) is 8.67. The maximum atomic E-state index is 10.3. The van der Waals surface area contributed by atoms with Crippen LogP contribution in [-0.4, -0.2) is 28.3 Å². The smallest absolute Gasteiger partial charge is 0.260 e. The van der Waals surface area contributed by atoms with Crippen molar-refractivity contribution in [3.05, 3.63) is 35.7 Å².